The van der Waals surface area contributed by atoms with E-state index in [4.69, 9.17) is 0 Å². The summed E-state index contributed by atoms with van der Waals surface area (Å²) >= 11 is 0. The van der Waals surface area contributed by atoms with Crippen LogP contribution in [0.5, 0.6) is 0 Å². The first-order valence-corrected chi connectivity index (χ1v) is 6.63. The highest BCUT2D eigenvalue weighted by Crippen LogP contribution is 2.21. The van der Waals surface area contributed by atoms with Gasteiger partial charge in [-0.15, -0.1) is 0 Å². The third-order valence-electron chi connectivity index (χ3n) is 3.88. The highest BCUT2D eigenvalue weighted by molar-refractivity contribution is 5.30. The Morgan fingerprint density at radius 2 is 2.06 bits per heavy atom. The highest BCUT2D eigenvalue weighted by Gasteiger charge is 2.22. The molecule has 0 aromatic heterocycles. The summed E-state index contributed by atoms with van der Waals surface area (Å²) in [4.78, 5) is 0. The van der Waals surface area contributed by atoms with Crippen LogP contribution in [0.4, 0.5) is 0 Å². The zero-order chi connectivity index (χ0) is 12.3. The Morgan fingerprint density at radius 3 is 2.76 bits per heavy atom. The van der Waals surface area contributed by atoms with Crippen LogP contribution in [0.15, 0.2) is 24.3 Å². The van der Waals surface area contributed by atoms with E-state index in [1.807, 2.05) is 13.8 Å². The van der Waals surface area contributed by atoms with Crippen LogP contribution in [-0.4, -0.2) is 23.3 Å². The predicted octanol–water partition coefficient (Wildman–Crippen LogP) is 2.29. The van der Waals surface area contributed by atoms with Crippen LogP contribution in [0.3, 0.4) is 0 Å². The van der Waals surface area contributed by atoms with E-state index < -0.39 is 5.60 Å². The van der Waals surface area contributed by atoms with E-state index in [0.29, 0.717) is 12.6 Å². The van der Waals surface area contributed by atoms with E-state index in [1.165, 1.54) is 17.5 Å². The van der Waals surface area contributed by atoms with Crippen LogP contribution in [0.2, 0.25) is 0 Å². The highest BCUT2D eigenvalue weighted by atomic mass is 16.3. The Morgan fingerprint density at radius 1 is 1.35 bits per heavy atom. The standard InChI is InChI=1S/C15H23NO/c1-3-15(2,17)11-16-14-9-8-12-6-4-5-7-13(12)10-14/h4-7,14,16-17H,3,8-11H2,1-2H3. The second-order valence-electron chi connectivity index (χ2n) is 5.44. The molecule has 0 spiro atoms. The molecule has 1 aliphatic carbocycles. The average Bonchev–Trinajstić information content (AvgIpc) is 2.36. The van der Waals surface area contributed by atoms with Crippen molar-refractivity contribution in [2.45, 2.75) is 51.2 Å². The molecule has 2 N–H and O–H groups in total. The van der Waals surface area contributed by atoms with Crippen LogP contribution in [0.1, 0.15) is 37.8 Å². The van der Waals surface area contributed by atoms with Gasteiger partial charge in [0.2, 0.25) is 0 Å². The number of aryl methyl sites for hydroxylation is 1. The Labute approximate surface area is 104 Å². The number of hydrogen-bond acceptors (Lipinski definition) is 2. The molecule has 2 atom stereocenters. The number of rotatable bonds is 4. The quantitative estimate of drug-likeness (QED) is 0.836. The Hall–Kier alpha value is -0.860. The molecule has 1 aliphatic rings. The molecule has 17 heavy (non-hydrogen) atoms. The maximum atomic E-state index is 9.99. The summed E-state index contributed by atoms with van der Waals surface area (Å²) in [7, 11) is 0. The lowest BCUT2D eigenvalue weighted by molar-refractivity contribution is 0.0523. The van der Waals surface area contributed by atoms with E-state index in [-0.39, 0.29) is 0 Å². The molecular weight excluding hydrogens is 210 g/mol. The van der Waals surface area contributed by atoms with Gasteiger partial charge in [-0.05, 0) is 43.7 Å². The molecule has 1 aromatic rings. The van der Waals surface area contributed by atoms with Gasteiger partial charge in [0.1, 0.15) is 0 Å². The first-order chi connectivity index (χ1) is 8.11. The topological polar surface area (TPSA) is 32.3 Å². The monoisotopic (exact) mass is 233 g/mol. The van der Waals surface area contributed by atoms with Gasteiger partial charge in [-0.25, -0.2) is 0 Å². The largest absolute Gasteiger partial charge is 0.389 e. The number of hydrogen-bond donors (Lipinski definition) is 2. The molecule has 0 aliphatic heterocycles. The predicted molar refractivity (Wildman–Crippen MR) is 71.2 cm³/mol. The molecule has 2 unspecified atom stereocenters. The molecule has 0 fully saturated rings. The van der Waals surface area contributed by atoms with E-state index in [1.54, 1.807) is 0 Å². The SMILES string of the molecule is CCC(C)(O)CNC1CCc2ccccc2C1. The smallest absolute Gasteiger partial charge is 0.0741 e. The number of aliphatic hydroxyl groups is 1. The van der Waals surface area contributed by atoms with Crippen molar-refractivity contribution < 1.29 is 5.11 Å². The van der Waals surface area contributed by atoms with E-state index in [9.17, 15) is 5.11 Å². The molecule has 0 amide bonds. The number of fused-ring (bicyclic) bond motifs is 1. The molecule has 2 nitrogen and oxygen atoms in total. The Kier molecular flexibility index (Phi) is 3.85. The minimum atomic E-state index is -0.572. The van der Waals surface area contributed by atoms with Gasteiger partial charge in [0.15, 0.2) is 0 Å². The van der Waals surface area contributed by atoms with Crippen molar-refractivity contribution in [1.82, 2.24) is 5.32 Å². The van der Waals surface area contributed by atoms with Gasteiger partial charge in [-0.3, -0.25) is 0 Å². The zero-order valence-electron chi connectivity index (χ0n) is 10.9. The summed E-state index contributed by atoms with van der Waals surface area (Å²) in [6, 6.07) is 9.20. The van der Waals surface area contributed by atoms with Crippen molar-refractivity contribution in [2.24, 2.45) is 0 Å². The molecule has 2 rings (SSSR count). The average molecular weight is 233 g/mol. The molecule has 2 heteroatoms. The molecule has 0 radical (unpaired) electrons. The first-order valence-electron chi connectivity index (χ1n) is 6.63. The fourth-order valence-corrected chi connectivity index (χ4v) is 2.36. The summed E-state index contributed by atoms with van der Waals surface area (Å²) in [5, 5.41) is 13.5. The first kappa shape index (κ1) is 12.6. The second kappa shape index (κ2) is 5.19. The van der Waals surface area contributed by atoms with Crippen LogP contribution < -0.4 is 5.32 Å². The molecule has 0 saturated carbocycles. The van der Waals surface area contributed by atoms with Crippen LogP contribution >= 0.6 is 0 Å². The lowest BCUT2D eigenvalue weighted by Crippen LogP contribution is -2.44. The van der Waals surface area contributed by atoms with E-state index in [0.717, 1.165) is 19.3 Å². The lowest BCUT2D eigenvalue weighted by Gasteiger charge is -2.29. The summed E-state index contributed by atoms with van der Waals surface area (Å²) in [6.45, 7) is 4.62. The zero-order valence-corrected chi connectivity index (χ0v) is 10.9. The summed E-state index contributed by atoms with van der Waals surface area (Å²) in [6.07, 6.45) is 4.22. The number of benzene rings is 1. The van der Waals surface area contributed by atoms with Crippen LogP contribution in [0, 0.1) is 0 Å². The van der Waals surface area contributed by atoms with Crippen molar-refractivity contribution in [2.75, 3.05) is 6.54 Å². The van der Waals surface area contributed by atoms with Gasteiger partial charge >= 0.3 is 0 Å². The van der Waals surface area contributed by atoms with Gasteiger partial charge in [0.25, 0.3) is 0 Å². The van der Waals surface area contributed by atoms with Gasteiger partial charge in [0, 0.05) is 12.6 Å². The maximum absolute atomic E-state index is 9.99. The van der Waals surface area contributed by atoms with Crippen molar-refractivity contribution in [3.05, 3.63) is 35.4 Å². The molecule has 1 aromatic carbocycles. The summed E-state index contributed by atoms with van der Waals surface area (Å²) in [5.41, 5.74) is 2.39. The molecular formula is C15H23NO. The van der Waals surface area contributed by atoms with Gasteiger partial charge < -0.3 is 10.4 Å². The van der Waals surface area contributed by atoms with Crippen molar-refractivity contribution in [3.8, 4) is 0 Å². The van der Waals surface area contributed by atoms with Crippen molar-refractivity contribution in [3.63, 3.8) is 0 Å². The fourth-order valence-electron chi connectivity index (χ4n) is 2.36. The lowest BCUT2D eigenvalue weighted by atomic mass is 9.88. The minimum absolute atomic E-state index is 0.517. The van der Waals surface area contributed by atoms with E-state index >= 15 is 0 Å². The second-order valence-corrected chi connectivity index (χ2v) is 5.44. The summed E-state index contributed by atoms with van der Waals surface area (Å²) in [5.74, 6) is 0. The van der Waals surface area contributed by atoms with Crippen molar-refractivity contribution in [1.29, 1.82) is 0 Å². The Bertz CT molecular complexity index is 373. The molecule has 0 heterocycles. The third-order valence-corrected chi connectivity index (χ3v) is 3.88. The van der Waals surface area contributed by atoms with Gasteiger partial charge in [-0.1, -0.05) is 31.2 Å². The normalized spacial score (nSPS) is 22.9. The fraction of sp³-hybridized carbons (Fsp3) is 0.600. The minimum Gasteiger partial charge on any atom is -0.389 e. The molecule has 94 valence electrons. The van der Waals surface area contributed by atoms with Crippen molar-refractivity contribution >= 4 is 0 Å². The van der Waals surface area contributed by atoms with Gasteiger partial charge in [0.05, 0.1) is 5.60 Å². The molecule has 0 saturated heterocycles. The number of nitrogens with one attached hydrogen (secondary N) is 1. The van der Waals surface area contributed by atoms with Gasteiger partial charge in [-0.2, -0.15) is 0 Å². The summed E-state index contributed by atoms with van der Waals surface area (Å²) < 4.78 is 0. The third kappa shape index (κ3) is 3.30. The Balaban J connectivity index is 1.90. The maximum Gasteiger partial charge on any atom is 0.0741 e. The van der Waals surface area contributed by atoms with E-state index in [2.05, 4.69) is 29.6 Å². The van der Waals surface area contributed by atoms with Crippen LogP contribution in [0.25, 0.3) is 0 Å². The van der Waals surface area contributed by atoms with Crippen LogP contribution in [-0.2, 0) is 12.8 Å². The molecule has 0 bridgehead atoms.